The van der Waals surface area contributed by atoms with E-state index in [1.165, 1.54) is 0 Å². The first-order valence-corrected chi connectivity index (χ1v) is 12.5. The number of carbonyl (C=O) groups is 1. The fraction of sp³-hybridized carbons (Fsp3) is 0.458. The van der Waals surface area contributed by atoms with E-state index in [0.29, 0.717) is 51.4 Å². The number of hydrogen-bond donors (Lipinski definition) is 0. The van der Waals surface area contributed by atoms with E-state index in [0.717, 1.165) is 11.3 Å². The minimum Gasteiger partial charge on any atom is -0.478 e. The molecule has 0 aliphatic carbocycles. The number of piperazine rings is 1. The Hall–Kier alpha value is -2.58. The molecule has 0 aromatic heterocycles. The zero-order valence-electron chi connectivity index (χ0n) is 18.6. The molecule has 8 heteroatoms. The Kier molecular flexibility index (Phi) is 6.71. The highest BCUT2D eigenvalue weighted by molar-refractivity contribution is 7.89. The maximum atomic E-state index is 13.2. The first-order chi connectivity index (χ1) is 15.3. The smallest absolute Gasteiger partial charge is 0.347 e. The van der Waals surface area contributed by atoms with Gasteiger partial charge in [0.25, 0.3) is 0 Å². The van der Waals surface area contributed by atoms with Gasteiger partial charge in [0, 0.05) is 31.9 Å². The third-order valence-electron chi connectivity index (χ3n) is 5.80. The zero-order chi connectivity index (χ0) is 22.7. The van der Waals surface area contributed by atoms with Crippen molar-refractivity contribution in [2.75, 3.05) is 37.7 Å². The minimum absolute atomic E-state index is 0.261. The van der Waals surface area contributed by atoms with Gasteiger partial charge in [0.15, 0.2) is 6.10 Å². The molecule has 2 aromatic rings. The van der Waals surface area contributed by atoms with E-state index in [-0.39, 0.29) is 16.8 Å². The van der Waals surface area contributed by atoms with Crippen molar-refractivity contribution in [2.45, 2.75) is 37.7 Å². The molecule has 1 atom stereocenters. The lowest BCUT2D eigenvalue weighted by Crippen LogP contribution is -2.48. The van der Waals surface area contributed by atoms with Crippen LogP contribution < -0.4 is 9.64 Å². The molecule has 32 heavy (non-hydrogen) atoms. The summed E-state index contributed by atoms with van der Waals surface area (Å²) in [4.78, 5) is 14.7. The molecule has 2 aliphatic heterocycles. The predicted molar refractivity (Wildman–Crippen MR) is 122 cm³/mol. The average Bonchev–Trinajstić information content (AvgIpc) is 2.82. The highest BCUT2D eigenvalue weighted by atomic mass is 32.2. The van der Waals surface area contributed by atoms with Gasteiger partial charge in [0.2, 0.25) is 10.0 Å². The van der Waals surface area contributed by atoms with Gasteiger partial charge in [-0.1, -0.05) is 32.0 Å². The van der Waals surface area contributed by atoms with Crippen molar-refractivity contribution >= 4 is 21.7 Å². The van der Waals surface area contributed by atoms with E-state index >= 15 is 0 Å². The van der Waals surface area contributed by atoms with E-state index in [1.807, 2.05) is 44.2 Å². The lowest BCUT2D eigenvalue weighted by Gasteiger charge is -2.35. The Balaban J connectivity index is 1.41. The van der Waals surface area contributed by atoms with Crippen molar-refractivity contribution in [3.8, 4) is 5.75 Å². The highest BCUT2D eigenvalue weighted by Gasteiger charge is 2.32. The normalized spacial score (nSPS) is 19.3. The molecule has 7 nitrogen and oxygen atoms in total. The number of fused-ring (bicyclic) bond motifs is 1. The topological polar surface area (TPSA) is 76.2 Å². The number of esters is 1. The number of anilines is 1. The summed E-state index contributed by atoms with van der Waals surface area (Å²) in [5, 5.41) is 0. The number of para-hydroxylation sites is 1. The third-order valence-corrected chi connectivity index (χ3v) is 7.69. The van der Waals surface area contributed by atoms with E-state index in [1.54, 1.807) is 22.5 Å². The molecule has 0 amide bonds. The summed E-state index contributed by atoms with van der Waals surface area (Å²) in [7, 11) is -3.59. The van der Waals surface area contributed by atoms with Crippen molar-refractivity contribution < 1.29 is 22.7 Å². The Bertz CT molecular complexity index is 1050. The van der Waals surface area contributed by atoms with Gasteiger partial charge >= 0.3 is 5.97 Å². The lowest BCUT2D eigenvalue weighted by atomic mass is 10.0. The average molecular weight is 459 g/mol. The fourth-order valence-electron chi connectivity index (χ4n) is 4.01. The second kappa shape index (κ2) is 9.50. The third kappa shape index (κ3) is 4.91. The molecular formula is C24H30N2O5S. The van der Waals surface area contributed by atoms with Crippen LogP contribution in [0.4, 0.5) is 5.69 Å². The lowest BCUT2D eigenvalue weighted by molar-refractivity contribution is -0.153. The Morgan fingerprint density at radius 1 is 1.09 bits per heavy atom. The minimum atomic E-state index is -3.59. The number of rotatable bonds is 6. The van der Waals surface area contributed by atoms with Gasteiger partial charge < -0.3 is 14.4 Å². The van der Waals surface area contributed by atoms with Gasteiger partial charge in [-0.25, -0.2) is 13.2 Å². The molecule has 2 heterocycles. The quantitative estimate of drug-likeness (QED) is 0.620. The summed E-state index contributed by atoms with van der Waals surface area (Å²) < 4.78 is 39.1. The van der Waals surface area contributed by atoms with Crippen LogP contribution in [-0.2, 0) is 26.0 Å². The van der Waals surface area contributed by atoms with Crippen molar-refractivity contribution in [2.24, 2.45) is 5.92 Å². The molecule has 172 valence electrons. The van der Waals surface area contributed by atoms with Crippen LogP contribution in [0.2, 0.25) is 0 Å². The van der Waals surface area contributed by atoms with E-state index in [2.05, 4.69) is 4.90 Å². The summed E-state index contributed by atoms with van der Waals surface area (Å²) in [6.45, 7) is 6.50. The largest absolute Gasteiger partial charge is 0.478 e. The monoisotopic (exact) mass is 458 g/mol. The van der Waals surface area contributed by atoms with Crippen LogP contribution in [0.1, 0.15) is 25.8 Å². The molecule has 4 rings (SSSR count). The van der Waals surface area contributed by atoms with Crippen LogP contribution >= 0.6 is 0 Å². The molecule has 2 aliphatic rings. The Labute approximate surface area is 190 Å². The second-order valence-corrected chi connectivity index (χ2v) is 10.6. The molecule has 0 saturated carbocycles. The number of hydrogen-bond acceptors (Lipinski definition) is 6. The highest BCUT2D eigenvalue weighted by Crippen LogP contribution is 2.31. The van der Waals surface area contributed by atoms with Crippen LogP contribution in [0.25, 0.3) is 0 Å². The molecule has 1 fully saturated rings. The number of aryl methyl sites for hydroxylation is 1. The Morgan fingerprint density at radius 3 is 2.50 bits per heavy atom. The molecule has 0 radical (unpaired) electrons. The van der Waals surface area contributed by atoms with E-state index in [9.17, 15) is 13.2 Å². The first-order valence-electron chi connectivity index (χ1n) is 11.1. The van der Waals surface area contributed by atoms with Gasteiger partial charge in [0.1, 0.15) is 5.75 Å². The van der Waals surface area contributed by atoms with Gasteiger partial charge in [-0.3, -0.25) is 0 Å². The van der Waals surface area contributed by atoms with Crippen LogP contribution in [0.3, 0.4) is 0 Å². The summed E-state index contributed by atoms with van der Waals surface area (Å²) in [5.41, 5.74) is 1.92. The molecular weight excluding hydrogens is 428 g/mol. The van der Waals surface area contributed by atoms with Crippen LogP contribution in [-0.4, -0.2) is 57.6 Å². The molecule has 1 saturated heterocycles. The van der Waals surface area contributed by atoms with Gasteiger partial charge in [-0.15, -0.1) is 0 Å². The first kappa shape index (κ1) is 22.6. The van der Waals surface area contributed by atoms with Gasteiger partial charge in [0.05, 0.1) is 11.5 Å². The molecule has 2 aromatic carbocycles. The number of nitrogens with zero attached hydrogens (tertiary/aromatic N) is 2. The Morgan fingerprint density at radius 2 is 1.81 bits per heavy atom. The van der Waals surface area contributed by atoms with Gasteiger partial charge in [-0.2, -0.15) is 4.31 Å². The number of benzene rings is 2. The molecule has 0 spiro atoms. The maximum Gasteiger partial charge on any atom is 0.347 e. The summed E-state index contributed by atoms with van der Waals surface area (Å²) in [5.74, 6) is 0.449. The van der Waals surface area contributed by atoms with E-state index in [4.69, 9.17) is 9.47 Å². The maximum absolute atomic E-state index is 13.2. The zero-order valence-corrected chi connectivity index (χ0v) is 19.4. The fourth-order valence-corrected chi connectivity index (χ4v) is 5.48. The van der Waals surface area contributed by atoms with Crippen molar-refractivity contribution in [3.63, 3.8) is 0 Å². The molecule has 0 N–H and O–H groups in total. The summed E-state index contributed by atoms with van der Waals surface area (Å²) in [6.07, 6.45) is 0.403. The van der Waals surface area contributed by atoms with Crippen LogP contribution in [0.15, 0.2) is 53.4 Å². The van der Waals surface area contributed by atoms with Crippen LogP contribution in [0, 0.1) is 5.92 Å². The number of carbonyl (C=O) groups excluding carboxylic acids is 1. The van der Waals surface area contributed by atoms with Crippen molar-refractivity contribution in [3.05, 3.63) is 54.1 Å². The van der Waals surface area contributed by atoms with Crippen molar-refractivity contribution in [1.29, 1.82) is 0 Å². The second-order valence-electron chi connectivity index (χ2n) is 8.67. The van der Waals surface area contributed by atoms with E-state index < -0.39 is 16.1 Å². The van der Waals surface area contributed by atoms with Crippen LogP contribution in [0.5, 0.6) is 5.75 Å². The number of sulfonamides is 1. The molecule has 1 unspecified atom stereocenters. The predicted octanol–water partition coefficient (Wildman–Crippen LogP) is 3.09. The molecule has 0 bridgehead atoms. The number of ether oxygens (including phenoxy) is 2. The SMILES string of the molecule is CC(C)COC(=O)C1CCc2cc(S(=O)(=O)N3CCN(c4ccccc4)CC3)ccc2O1. The summed E-state index contributed by atoms with van der Waals surface area (Å²) in [6, 6.07) is 14.9. The van der Waals surface area contributed by atoms with Gasteiger partial charge in [-0.05, 0) is 54.7 Å². The van der Waals surface area contributed by atoms with Crippen molar-refractivity contribution in [1.82, 2.24) is 4.31 Å². The standard InChI is InChI=1S/C24H30N2O5S/c1-18(2)17-30-24(27)23-10-8-19-16-21(9-11-22(19)31-23)32(28,29)26-14-12-25(13-15-26)20-6-4-3-5-7-20/h3-7,9,11,16,18,23H,8,10,12-15,17H2,1-2H3. The summed E-state index contributed by atoms with van der Waals surface area (Å²) >= 11 is 0.